The van der Waals surface area contributed by atoms with Gasteiger partial charge >= 0.3 is 11.9 Å². The number of nitrogens with two attached hydrogens (primary N) is 1. The molecule has 63 heavy (non-hydrogen) atoms. The molecule has 1 unspecified atom stereocenters. The van der Waals surface area contributed by atoms with Gasteiger partial charge in [0.15, 0.2) is 28.6 Å². The highest BCUT2D eigenvalue weighted by Gasteiger charge is 2.62. The molecule has 4 aliphatic rings. The number of esters is 1. The number of carboxylic acid groups (broad SMARTS) is 1. The molecule has 0 aliphatic carbocycles. The minimum Gasteiger partial charge on any atom is -0.507 e. The number of hydrogen-bond donors (Lipinski definition) is 14. The minimum absolute atomic E-state index is 0.0436. The summed E-state index contributed by atoms with van der Waals surface area (Å²) in [4.78, 5) is 40.0. The second kappa shape index (κ2) is 17.3. The van der Waals surface area contributed by atoms with Crippen molar-refractivity contribution in [2.24, 2.45) is 5.73 Å². The van der Waals surface area contributed by atoms with E-state index in [0.717, 1.165) is 17.7 Å². The molecule has 342 valence electrons. The van der Waals surface area contributed by atoms with Crippen molar-refractivity contribution < 1.29 is 94.2 Å². The second-order valence-corrected chi connectivity index (χ2v) is 15.8. The summed E-state index contributed by atoms with van der Waals surface area (Å²) in [6.45, 7) is 0.556. The highest BCUT2D eigenvalue weighted by molar-refractivity contribution is 5.89. The van der Waals surface area contributed by atoms with Gasteiger partial charge in [-0.2, -0.15) is 0 Å². The number of carboxylic acids is 1. The average Bonchev–Trinajstić information content (AvgIpc) is 3.41. The maximum absolute atomic E-state index is 13.9. The fourth-order valence-electron chi connectivity index (χ4n) is 8.57. The standard InChI is InChI=1S/C41H48N2O20/c1-2-15-9-18(14-43-36(15)42)19-3-5-41(35(55)30(51)29(50)33(62-41)37(56)60-38-32(53)31(52)34(54)40(63-38,6-8-45)39(57)58)61-24-13-23-26(28(49)25(19)24)20(46)12-22(59-23)17-10-16(4-7-44)27(48)21(47)11-17/h9-14,19,29-36,38,43-45,47-55H,2-8,42H2,1H3,(H,57,58)/t19-,29+,30+,31-,32-,33+,34+,35-,36?,38+,40+,41+/m1/s1. The van der Waals surface area contributed by atoms with E-state index in [1.54, 1.807) is 12.3 Å². The van der Waals surface area contributed by atoms with Crippen molar-refractivity contribution in [1.29, 1.82) is 0 Å². The first-order chi connectivity index (χ1) is 29.8. The molecule has 2 fully saturated rings. The van der Waals surface area contributed by atoms with Crippen LogP contribution < -0.4 is 21.2 Å². The minimum atomic E-state index is -2.80. The van der Waals surface area contributed by atoms with Gasteiger partial charge in [-0.3, -0.25) is 4.79 Å². The lowest BCUT2D eigenvalue weighted by molar-refractivity contribution is -0.345. The number of aliphatic hydroxyl groups is 8. The van der Waals surface area contributed by atoms with Crippen LogP contribution in [0.2, 0.25) is 0 Å². The number of phenolic OH excluding ortho intramolecular Hbond substituents is 3. The molecule has 5 heterocycles. The summed E-state index contributed by atoms with van der Waals surface area (Å²) in [5, 5.41) is 130. The number of aliphatic carboxylic acids is 1. The number of hydrogen-bond acceptors (Lipinski definition) is 21. The lowest BCUT2D eigenvalue weighted by Gasteiger charge is -2.48. The second-order valence-electron chi connectivity index (χ2n) is 15.8. The van der Waals surface area contributed by atoms with Gasteiger partial charge in [0, 0.05) is 67.0 Å². The fraction of sp³-hybridized carbons (Fsp3) is 0.488. The van der Waals surface area contributed by atoms with Crippen LogP contribution in [0.1, 0.15) is 49.7 Å². The number of aliphatic hydroxyl groups excluding tert-OH is 8. The molecule has 0 radical (unpaired) electrons. The summed E-state index contributed by atoms with van der Waals surface area (Å²) in [7, 11) is 0. The molecule has 1 aromatic heterocycles. The summed E-state index contributed by atoms with van der Waals surface area (Å²) >= 11 is 0. The van der Waals surface area contributed by atoms with Gasteiger partial charge in [-0.15, -0.1) is 0 Å². The first-order valence-corrected chi connectivity index (χ1v) is 19.9. The number of carbonyl (C=O) groups excluding carboxylic acids is 1. The molecule has 7 rings (SSSR count). The first kappa shape index (κ1) is 45.6. The van der Waals surface area contributed by atoms with Gasteiger partial charge in [-0.1, -0.05) is 13.0 Å². The molecule has 0 amide bonds. The molecule has 1 spiro atoms. The maximum Gasteiger partial charge on any atom is 0.340 e. The van der Waals surface area contributed by atoms with Crippen molar-refractivity contribution in [3.05, 3.63) is 69.0 Å². The van der Waals surface area contributed by atoms with Gasteiger partial charge in [-0.25, -0.2) is 9.59 Å². The van der Waals surface area contributed by atoms with E-state index in [1.165, 1.54) is 12.1 Å². The Labute approximate surface area is 355 Å². The molecule has 12 atom stereocenters. The van der Waals surface area contributed by atoms with Crippen LogP contribution in [0, 0.1) is 0 Å². The zero-order valence-corrected chi connectivity index (χ0v) is 33.4. The number of nitrogens with one attached hydrogen (secondary N) is 1. The zero-order chi connectivity index (χ0) is 45.9. The monoisotopic (exact) mass is 888 g/mol. The summed E-state index contributed by atoms with van der Waals surface area (Å²) < 4.78 is 29.0. The van der Waals surface area contributed by atoms with Crippen molar-refractivity contribution >= 4 is 22.9 Å². The predicted octanol–water partition coefficient (Wildman–Crippen LogP) is -2.16. The number of allylic oxidation sites excluding steroid dienone is 2. The van der Waals surface area contributed by atoms with Crippen molar-refractivity contribution in [3.63, 3.8) is 0 Å². The molecule has 4 aliphatic heterocycles. The van der Waals surface area contributed by atoms with Crippen molar-refractivity contribution in [1.82, 2.24) is 5.32 Å². The Bertz CT molecular complexity index is 2400. The molecule has 2 saturated heterocycles. The molecule has 0 saturated carbocycles. The number of fused-ring (bicyclic) bond motifs is 2. The fourth-order valence-corrected chi connectivity index (χ4v) is 8.57. The van der Waals surface area contributed by atoms with Crippen LogP contribution in [0.15, 0.2) is 56.9 Å². The van der Waals surface area contributed by atoms with Gasteiger partial charge in [0.25, 0.3) is 0 Å². The van der Waals surface area contributed by atoms with Gasteiger partial charge in [0.1, 0.15) is 64.9 Å². The Morgan fingerprint density at radius 2 is 1.63 bits per heavy atom. The highest BCUT2D eigenvalue weighted by atomic mass is 16.8. The Balaban J connectivity index is 1.33. The van der Waals surface area contributed by atoms with E-state index in [0.29, 0.717) is 12.0 Å². The zero-order valence-electron chi connectivity index (χ0n) is 33.4. The van der Waals surface area contributed by atoms with Gasteiger partial charge in [0.2, 0.25) is 12.1 Å². The lowest BCUT2D eigenvalue weighted by Crippen LogP contribution is -2.70. The first-order valence-electron chi connectivity index (χ1n) is 19.9. The average molecular weight is 889 g/mol. The molecule has 2 aromatic carbocycles. The quantitative estimate of drug-likeness (QED) is 0.0761. The van der Waals surface area contributed by atoms with Gasteiger partial charge in [0.05, 0.1) is 6.17 Å². The summed E-state index contributed by atoms with van der Waals surface area (Å²) in [5.74, 6) is -9.23. The number of benzene rings is 2. The van der Waals surface area contributed by atoms with Gasteiger partial charge < -0.3 is 95.7 Å². The van der Waals surface area contributed by atoms with Crippen LogP contribution >= 0.6 is 0 Å². The van der Waals surface area contributed by atoms with Crippen molar-refractivity contribution in [2.45, 2.75) is 112 Å². The van der Waals surface area contributed by atoms with Gasteiger partial charge in [-0.05, 0) is 42.5 Å². The molecule has 22 nitrogen and oxygen atoms in total. The number of phenols is 3. The maximum atomic E-state index is 13.9. The third kappa shape index (κ3) is 7.75. The molecular formula is C41H48N2O20. The Morgan fingerprint density at radius 3 is 2.30 bits per heavy atom. The van der Waals surface area contributed by atoms with E-state index >= 15 is 0 Å². The SMILES string of the molecule is CCC1=CC([C@H]2CC[C@]3(Oc4cc5oc(-c6cc(O)c(O)c(CCO)c6)cc(=O)c5c(O)c42)O[C@H](C(=O)O[C@H]2O[C@](CCO)(C(=O)O)[C@@H](O)[C@H](O)[C@H]2O)[C@@H](O)[C@H](O)[C@H]3O)=CNC1N. The molecule has 3 aromatic rings. The van der Waals surface area contributed by atoms with Crippen LogP contribution in [0.25, 0.3) is 22.3 Å². The summed E-state index contributed by atoms with van der Waals surface area (Å²) in [6, 6.07) is 4.66. The summed E-state index contributed by atoms with van der Waals surface area (Å²) in [6.07, 6.45) is -16.6. The van der Waals surface area contributed by atoms with Crippen molar-refractivity contribution in [3.8, 4) is 34.3 Å². The Hall–Kier alpha value is -5.37. The smallest absolute Gasteiger partial charge is 0.340 e. The summed E-state index contributed by atoms with van der Waals surface area (Å²) in [5.41, 5.74) is 3.74. The third-order valence-corrected chi connectivity index (χ3v) is 12.1. The molecule has 0 bridgehead atoms. The van der Waals surface area contributed by atoms with Crippen LogP contribution in [-0.4, -0.2) is 153 Å². The number of dihydropyridines is 1. The number of ether oxygens (including phenoxy) is 4. The lowest BCUT2D eigenvalue weighted by atomic mass is 9.81. The van der Waals surface area contributed by atoms with E-state index in [1.807, 2.05) is 6.92 Å². The number of aromatic hydroxyl groups is 3. The Kier molecular flexibility index (Phi) is 12.5. The van der Waals surface area contributed by atoms with Crippen molar-refractivity contribution in [2.75, 3.05) is 13.2 Å². The largest absolute Gasteiger partial charge is 0.507 e. The van der Waals surface area contributed by atoms with E-state index in [-0.39, 0.29) is 52.0 Å². The van der Waals surface area contributed by atoms with E-state index < -0.39 is 133 Å². The van der Waals surface area contributed by atoms with E-state index in [2.05, 4.69) is 5.32 Å². The van der Waals surface area contributed by atoms with Crippen LogP contribution in [0.4, 0.5) is 0 Å². The predicted molar refractivity (Wildman–Crippen MR) is 211 cm³/mol. The number of carbonyl (C=O) groups is 2. The van der Waals surface area contributed by atoms with Crippen LogP contribution in [-0.2, 0) is 30.2 Å². The third-order valence-electron chi connectivity index (χ3n) is 12.1. The van der Waals surface area contributed by atoms with E-state index in [9.17, 15) is 75.7 Å². The van der Waals surface area contributed by atoms with E-state index in [4.69, 9.17) is 29.1 Å². The normalized spacial score (nSPS) is 33.0. The molecular weight excluding hydrogens is 840 g/mol. The molecule has 22 heteroatoms. The van der Waals surface area contributed by atoms with Crippen LogP contribution in [0.3, 0.4) is 0 Å². The number of rotatable bonds is 10. The molecule has 15 N–H and O–H groups in total. The topological polar surface area (TPSA) is 382 Å². The van der Waals surface area contributed by atoms with Crippen LogP contribution in [0.5, 0.6) is 23.0 Å². The highest BCUT2D eigenvalue weighted by Crippen LogP contribution is 2.52. The Morgan fingerprint density at radius 1 is 0.921 bits per heavy atom.